The third-order valence-corrected chi connectivity index (χ3v) is 4.24. The number of fused-ring (bicyclic) bond motifs is 1. The molecule has 28 heavy (non-hydrogen) atoms. The number of carboxylic acid groups (broad SMARTS) is 1. The summed E-state index contributed by atoms with van der Waals surface area (Å²) in [7, 11) is 3.98. The van der Waals surface area contributed by atoms with Crippen molar-refractivity contribution < 1.29 is 29.0 Å². The second kappa shape index (κ2) is 10.5. The van der Waals surface area contributed by atoms with Gasteiger partial charge in [-0.1, -0.05) is 18.2 Å². The minimum atomic E-state index is -0.897. The number of ether oxygens (including phenoxy) is 2. The number of carbonyl (C=O) groups excluding carboxylic acids is 2. The van der Waals surface area contributed by atoms with E-state index in [1.807, 2.05) is 38.4 Å². The average molecular weight is 390 g/mol. The van der Waals surface area contributed by atoms with E-state index in [1.165, 1.54) is 4.57 Å². The molecule has 0 bridgehead atoms. The van der Waals surface area contributed by atoms with Gasteiger partial charge in [-0.05, 0) is 45.0 Å². The van der Waals surface area contributed by atoms with Crippen LogP contribution in [0.15, 0.2) is 30.5 Å². The van der Waals surface area contributed by atoms with Gasteiger partial charge in [0.15, 0.2) is 0 Å². The Balaban J connectivity index is 1.89. The molecule has 8 heteroatoms. The molecule has 0 aliphatic heterocycles. The van der Waals surface area contributed by atoms with Gasteiger partial charge in [-0.25, -0.2) is 4.79 Å². The van der Waals surface area contributed by atoms with Gasteiger partial charge >= 0.3 is 18.0 Å². The van der Waals surface area contributed by atoms with Gasteiger partial charge in [-0.15, -0.1) is 0 Å². The van der Waals surface area contributed by atoms with E-state index in [-0.39, 0.29) is 12.8 Å². The Morgan fingerprint density at radius 1 is 1.07 bits per heavy atom. The minimum absolute atomic E-state index is 0.0130. The van der Waals surface area contributed by atoms with E-state index in [0.29, 0.717) is 12.8 Å². The van der Waals surface area contributed by atoms with Gasteiger partial charge in [0.25, 0.3) is 0 Å². The number of esters is 1. The largest absolute Gasteiger partial charge is 0.481 e. The zero-order valence-electron chi connectivity index (χ0n) is 16.2. The number of hydrogen-bond donors (Lipinski definition) is 1. The molecule has 0 aliphatic carbocycles. The van der Waals surface area contributed by atoms with Crippen molar-refractivity contribution in [2.24, 2.45) is 0 Å². The predicted molar refractivity (Wildman–Crippen MR) is 103 cm³/mol. The molecule has 0 unspecified atom stereocenters. The first-order chi connectivity index (χ1) is 13.4. The van der Waals surface area contributed by atoms with E-state index in [4.69, 9.17) is 14.6 Å². The van der Waals surface area contributed by atoms with Crippen LogP contribution < -0.4 is 0 Å². The molecule has 0 saturated heterocycles. The summed E-state index contributed by atoms with van der Waals surface area (Å²) >= 11 is 0. The highest BCUT2D eigenvalue weighted by atomic mass is 16.7. The highest BCUT2D eigenvalue weighted by molar-refractivity contribution is 5.92. The number of carbonyl (C=O) groups is 3. The fraction of sp³-hybridized carbons (Fsp3) is 0.450. The molecule has 0 atom stereocenters. The fourth-order valence-corrected chi connectivity index (χ4v) is 2.78. The Bertz CT molecular complexity index is 827. The van der Waals surface area contributed by atoms with Crippen molar-refractivity contribution in [2.75, 3.05) is 27.4 Å². The molecular weight excluding hydrogens is 364 g/mol. The summed E-state index contributed by atoms with van der Waals surface area (Å²) < 4.78 is 11.4. The summed E-state index contributed by atoms with van der Waals surface area (Å²) in [4.78, 5) is 36.5. The first-order valence-electron chi connectivity index (χ1n) is 9.16. The maximum atomic E-state index is 12.4. The summed E-state index contributed by atoms with van der Waals surface area (Å²) in [5, 5.41) is 9.53. The highest BCUT2D eigenvalue weighted by Crippen LogP contribution is 2.22. The lowest BCUT2D eigenvalue weighted by Crippen LogP contribution is -2.17. The maximum absolute atomic E-state index is 12.4. The molecule has 1 heterocycles. The third-order valence-electron chi connectivity index (χ3n) is 4.24. The molecule has 0 aliphatic rings. The Morgan fingerprint density at radius 2 is 1.79 bits per heavy atom. The summed E-state index contributed by atoms with van der Waals surface area (Å²) in [6.07, 6.45) is 2.84. The van der Waals surface area contributed by atoms with Gasteiger partial charge in [0.1, 0.15) is 0 Å². The first kappa shape index (κ1) is 21.4. The van der Waals surface area contributed by atoms with Crippen LogP contribution in [0.1, 0.15) is 31.2 Å². The molecule has 152 valence electrons. The summed E-state index contributed by atoms with van der Waals surface area (Å²) in [6.45, 7) is 0.374. The second-order valence-electron chi connectivity index (χ2n) is 6.74. The summed E-state index contributed by atoms with van der Waals surface area (Å²) in [5.41, 5.74) is 1.78. The van der Waals surface area contributed by atoms with Crippen LogP contribution in [-0.4, -0.2) is 60.0 Å². The van der Waals surface area contributed by atoms with Crippen LogP contribution >= 0.6 is 0 Å². The van der Waals surface area contributed by atoms with Gasteiger partial charge < -0.3 is 19.5 Å². The minimum Gasteiger partial charge on any atom is -0.481 e. The number of aliphatic carboxylic acids is 1. The van der Waals surface area contributed by atoms with E-state index in [1.54, 1.807) is 6.20 Å². The summed E-state index contributed by atoms with van der Waals surface area (Å²) in [5.74, 6) is -1.42. The Morgan fingerprint density at radius 3 is 2.50 bits per heavy atom. The number of unbranched alkanes of at least 4 members (excludes halogenated alkanes) is 1. The quantitative estimate of drug-likeness (QED) is 0.378. The molecule has 0 saturated carbocycles. The number of nitrogens with zero attached hydrogens (tertiary/aromatic N) is 2. The van der Waals surface area contributed by atoms with Gasteiger partial charge in [0.2, 0.25) is 6.79 Å². The molecule has 2 rings (SSSR count). The van der Waals surface area contributed by atoms with Crippen LogP contribution in [0, 0.1) is 0 Å². The fourth-order valence-electron chi connectivity index (χ4n) is 2.78. The van der Waals surface area contributed by atoms with Gasteiger partial charge in [0, 0.05) is 31.0 Å². The van der Waals surface area contributed by atoms with Crippen molar-refractivity contribution in [1.82, 2.24) is 9.47 Å². The van der Waals surface area contributed by atoms with Gasteiger partial charge in [0.05, 0.1) is 5.52 Å². The normalized spacial score (nSPS) is 11.0. The van der Waals surface area contributed by atoms with Gasteiger partial charge in [-0.3, -0.25) is 14.2 Å². The second-order valence-corrected chi connectivity index (χ2v) is 6.74. The number of rotatable bonds is 10. The molecule has 8 nitrogen and oxygen atoms in total. The maximum Gasteiger partial charge on any atom is 0.421 e. The van der Waals surface area contributed by atoms with Crippen molar-refractivity contribution in [2.45, 2.75) is 32.1 Å². The van der Waals surface area contributed by atoms with E-state index in [0.717, 1.165) is 29.4 Å². The lowest BCUT2D eigenvalue weighted by molar-refractivity contribution is -0.152. The Kier molecular flexibility index (Phi) is 8.01. The SMILES string of the molecule is CN(C)CCc1cn(C(=O)OCOC(=O)CCCCC(=O)O)c2ccccc12. The van der Waals surface area contributed by atoms with Crippen molar-refractivity contribution in [3.63, 3.8) is 0 Å². The Labute approximate surface area is 163 Å². The van der Waals surface area contributed by atoms with Crippen molar-refractivity contribution in [1.29, 1.82) is 0 Å². The topological polar surface area (TPSA) is 98.1 Å². The predicted octanol–water partition coefficient (Wildman–Crippen LogP) is 2.88. The van der Waals surface area contributed by atoms with Crippen LogP contribution in [0.5, 0.6) is 0 Å². The zero-order chi connectivity index (χ0) is 20.5. The number of para-hydroxylation sites is 1. The van der Waals surface area contributed by atoms with Crippen LogP contribution in [0.4, 0.5) is 4.79 Å². The molecule has 0 fully saturated rings. The average Bonchev–Trinajstić information content (AvgIpc) is 3.02. The van der Waals surface area contributed by atoms with Crippen LogP contribution in [-0.2, 0) is 25.5 Å². The molecule has 2 aromatic rings. The third kappa shape index (κ3) is 6.38. The number of hydrogen-bond acceptors (Lipinski definition) is 6. The molecule has 0 spiro atoms. The van der Waals surface area contributed by atoms with Crippen molar-refractivity contribution in [3.8, 4) is 0 Å². The number of likely N-dealkylation sites (N-methyl/N-ethyl adjacent to an activating group) is 1. The van der Waals surface area contributed by atoms with E-state index in [2.05, 4.69) is 4.90 Å². The van der Waals surface area contributed by atoms with Crippen LogP contribution in [0.2, 0.25) is 0 Å². The van der Waals surface area contributed by atoms with Crippen molar-refractivity contribution >= 4 is 28.9 Å². The van der Waals surface area contributed by atoms with Crippen LogP contribution in [0.25, 0.3) is 10.9 Å². The van der Waals surface area contributed by atoms with E-state index >= 15 is 0 Å². The zero-order valence-corrected chi connectivity index (χ0v) is 16.2. The van der Waals surface area contributed by atoms with E-state index in [9.17, 15) is 14.4 Å². The number of carboxylic acids is 1. The standard InChI is InChI=1S/C20H26N2O6/c1-21(2)12-11-15-13-22(17-8-4-3-7-16(15)17)20(26)28-14-27-19(25)10-6-5-9-18(23)24/h3-4,7-8,13H,5-6,9-12,14H2,1-2H3,(H,23,24). The molecule has 0 amide bonds. The number of benzene rings is 1. The lowest BCUT2D eigenvalue weighted by atomic mass is 10.1. The Hall–Kier alpha value is -2.87. The summed E-state index contributed by atoms with van der Waals surface area (Å²) in [6, 6.07) is 7.56. The van der Waals surface area contributed by atoms with Crippen molar-refractivity contribution in [3.05, 3.63) is 36.0 Å². The molecule has 1 aromatic heterocycles. The first-order valence-corrected chi connectivity index (χ1v) is 9.16. The lowest BCUT2D eigenvalue weighted by Gasteiger charge is -2.08. The number of aromatic nitrogens is 1. The molecule has 1 aromatic carbocycles. The van der Waals surface area contributed by atoms with E-state index < -0.39 is 24.8 Å². The highest BCUT2D eigenvalue weighted by Gasteiger charge is 2.15. The molecule has 0 radical (unpaired) electrons. The van der Waals surface area contributed by atoms with Crippen LogP contribution in [0.3, 0.4) is 0 Å². The molecular formula is C20H26N2O6. The smallest absolute Gasteiger partial charge is 0.421 e. The van der Waals surface area contributed by atoms with Gasteiger partial charge in [-0.2, -0.15) is 0 Å². The monoisotopic (exact) mass is 390 g/mol. The molecule has 1 N–H and O–H groups in total.